The zero-order valence-electron chi connectivity index (χ0n) is 10.8. The van der Waals surface area contributed by atoms with Crippen LogP contribution in [-0.2, 0) is 16.1 Å². The zero-order chi connectivity index (χ0) is 13.3. The van der Waals surface area contributed by atoms with E-state index < -0.39 is 0 Å². The highest BCUT2D eigenvalue weighted by molar-refractivity contribution is 5.81. The Hall–Kier alpha value is -1.84. The van der Waals surface area contributed by atoms with Crippen LogP contribution < -0.4 is 0 Å². The van der Waals surface area contributed by atoms with Gasteiger partial charge in [0.05, 0.1) is 5.54 Å². The lowest BCUT2D eigenvalue weighted by molar-refractivity contribution is -0.120. The first kappa shape index (κ1) is 12.2. The van der Waals surface area contributed by atoms with Crippen LogP contribution in [0.3, 0.4) is 0 Å². The molecule has 0 aromatic heterocycles. The molecule has 19 heavy (non-hydrogen) atoms. The number of amides is 1. The number of Topliss-reactive ketones (excluding diaryl/α,β-unsaturated/α-hetero) is 1. The lowest BCUT2D eigenvalue weighted by atomic mass is 9.88. The van der Waals surface area contributed by atoms with Crippen LogP contribution in [0.4, 0.5) is 4.79 Å². The first-order valence-electron chi connectivity index (χ1n) is 6.70. The summed E-state index contributed by atoms with van der Waals surface area (Å²) >= 11 is 0. The van der Waals surface area contributed by atoms with Gasteiger partial charge in [0.2, 0.25) is 0 Å². The van der Waals surface area contributed by atoms with Crippen LogP contribution in [0.15, 0.2) is 30.3 Å². The van der Waals surface area contributed by atoms with Crippen molar-refractivity contribution in [2.75, 3.05) is 6.54 Å². The molecule has 4 heteroatoms. The average molecular weight is 259 g/mol. The summed E-state index contributed by atoms with van der Waals surface area (Å²) in [5, 5.41) is 0. The monoisotopic (exact) mass is 259 g/mol. The standard InChI is InChI=1S/C15H17NO3/c17-13-6-8-15(9-7-13)11-16(15)14(18)19-10-12-4-2-1-3-5-12/h1-5H,6-11H2. The smallest absolute Gasteiger partial charge is 0.410 e. The maximum Gasteiger partial charge on any atom is 0.410 e. The lowest BCUT2D eigenvalue weighted by Gasteiger charge is -2.21. The molecule has 1 aliphatic heterocycles. The minimum Gasteiger partial charge on any atom is -0.445 e. The molecule has 3 rings (SSSR count). The summed E-state index contributed by atoms with van der Waals surface area (Å²) in [5.41, 5.74) is 0.923. The first-order valence-corrected chi connectivity index (χ1v) is 6.70. The quantitative estimate of drug-likeness (QED) is 0.767. The summed E-state index contributed by atoms with van der Waals surface area (Å²) in [6, 6.07) is 9.66. The van der Waals surface area contributed by atoms with Gasteiger partial charge in [-0.25, -0.2) is 4.79 Å². The molecule has 2 aliphatic rings. The molecule has 100 valence electrons. The van der Waals surface area contributed by atoms with E-state index >= 15 is 0 Å². The summed E-state index contributed by atoms with van der Waals surface area (Å²) in [7, 11) is 0. The number of hydrogen-bond donors (Lipinski definition) is 0. The summed E-state index contributed by atoms with van der Waals surface area (Å²) in [5.74, 6) is 0.315. The molecule has 1 saturated carbocycles. The molecule has 0 atom stereocenters. The van der Waals surface area contributed by atoms with Crippen molar-refractivity contribution in [3.05, 3.63) is 35.9 Å². The number of nitrogens with zero attached hydrogens (tertiary/aromatic N) is 1. The summed E-state index contributed by atoms with van der Waals surface area (Å²) in [4.78, 5) is 24.9. The van der Waals surface area contributed by atoms with E-state index in [1.54, 1.807) is 4.90 Å². The van der Waals surface area contributed by atoms with Crippen molar-refractivity contribution in [2.24, 2.45) is 0 Å². The SMILES string of the molecule is O=C1CCC2(CC1)CN2C(=O)OCc1ccccc1. The van der Waals surface area contributed by atoms with Crippen LogP contribution in [0, 0.1) is 0 Å². The minimum absolute atomic E-state index is 0.0678. The van der Waals surface area contributed by atoms with E-state index in [-0.39, 0.29) is 11.6 Å². The largest absolute Gasteiger partial charge is 0.445 e. The van der Waals surface area contributed by atoms with E-state index in [4.69, 9.17) is 4.74 Å². The first-order chi connectivity index (χ1) is 9.20. The third-order valence-corrected chi connectivity index (χ3v) is 4.09. The van der Waals surface area contributed by atoms with Crippen molar-refractivity contribution in [1.29, 1.82) is 0 Å². The Kier molecular flexibility index (Phi) is 3.01. The lowest BCUT2D eigenvalue weighted by Crippen LogP contribution is -2.29. The molecule has 1 aromatic carbocycles. The molecule has 4 nitrogen and oxygen atoms in total. The topological polar surface area (TPSA) is 46.4 Å². The van der Waals surface area contributed by atoms with Gasteiger partial charge in [-0.2, -0.15) is 0 Å². The van der Waals surface area contributed by atoms with Gasteiger partial charge in [0.15, 0.2) is 0 Å². The maximum atomic E-state index is 12.0. The number of ether oxygens (including phenoxy) is 1. The Labute approximate surface area is 112 Å². The third-order valence-electron chi connectivity index (χ3n) is 4.09. The second kappa shape index (κ2) is 4.68. The molecule has 0 N–H and O–H groups in total. The normalized spacial score (nSPS) is 20.4. The Morgan fingerprint density at radius 3 is 2.58 bits per heavy atom. The molecule has 2 fully saturated rings. The van der Waals surface area contributed by atoms with E-state index in [1.807, 2.05) is 30.3 Å². The van der Waals surface area contributed by atoms with Crippen LogP contribution in [-0.4, -0.2) is 28.9 Å². The fourth-order valence-corrected chi connectivity index (χ4v) is 2.74. The third kappa shape index (κ3) is 2.48. The van der Waals surface area contributed by atoms with Crippen molar-refractivity contribution in [3.63, 3.8) is 0 Å². The number of benzene rings is 1. The number of carbonyl (C=O) groups excluding carboxylic acids is 2. The number of hydrogen-bond acceptors (Lipinski definition) is 3. The predicted octanol–water partition coefficient (Wildman–Crippen LogP) is 2.52. The second-order valence-corrected chi connectivity index (χ2v) is 5.39. The molecule has 1 aromatic rings. The van der Waals surface area contributed by atoms with Gasteiger partial charge >= 0.3 is 6.09 Å². The second-order valence-electron chi connectivity index (χ2n) is 5.39. The summed E-state index contributed by atoms with van der Waals surface area (Å²) < 4.78 is 5.31. The van der Waals surface area contributed by atoms with E-state index in [0.29, 0.717) is 25.2 Å². The van der Waals surface area contributed by atoms with Crippen LogP contribution >= 0.6 is 0 Å². The average Bonchev–Trinajstić information content (AvgIpc) is 3.15. The highest BCUT2D eigenvalue weighted by Crippen LogP contribution is 2.44. The molecule has 1 spiro atoms. The molecule has 1 amide bonds. The van der Waals surface area contributed by atoms with Gasteiger partial charge in [-0.15, -0.1) is 0 Å². The van der Waals surface area contributed by atoms with Gasteiger partial charge < -0.3 is 4.74 Å². The van der Waals surface area contributed by atoms with Gasteiger partial charge in [0.25, 0.3) is 0 Å². The van der Waals surface area contributed by atoms with Gasteiger partial charge in [0, 0.05) is 19.4 Å². The van der Waals surface area contributed by atoms with Crippen LogP contribution in [0.2, 0.25) is 0 Å². The van der Waals surface area contributed by atoms with E-state index in [1.165, 1.54) is 0 Å². The Balaban J connectivity index is 1.51. The molecule has 0 bridgehead atoms. The van der Waals surface area contributed by atoms with Gasteiger partial charge in [-0.3, -0.25) is 9.69 Å². The fraction of sp³-hybridized carbons (Fsp3) is 0.467. The van der Waals surface area contributed by atoms with Crippen LogP contribution in [0.5, 0.6) is 0 Å². The van der Waals surface area contributed by atoms with Crippen molar-refractivity contribution in [3.8, 4) is 0 Å². The van der Waals surface area contributed by atoms with Crippen molar-refractivity contribution in [1.82, 2.24) is 4.90 Å². The molecule has 0 unspecified atom stereocenters. The highest BCUT2D eigenvalue weighted by Gasteiger charge is 2.56. The number of rotatable bonds is 2. The van der Waals surface area contributed by atoms with Crippen molar-refractivity contribution in [2.45, 2.75) is 37.8 Å². The Morgan fingerprint density at radius 2 is 1.89 bits per heavy atom. The predicted molar refractivity (Wildman–Crippen MR) is 69.5 cm³/mol. The van der Waals surface area contributed by atoms with Crippen molar-refractivity contribution >= 4 is 11.9 Å². The number of carbonyl (C=O) groups is 2. The molecule has 1 heterocycles. The minimum atomic E-state index is -0.252. The molecular weight excluding hydrogens is 242 g/mol. The van der Waals surface area contributed by atoms with Crippen molar-refractivity contribution < 1.29 is 14.3 Å². The summed E-state index contributed by atoms with van der Waals surface area (Å²) in [6.07, 6.45) is 2.54. The highest BCUT2D eigenvalue weighted by atomic mass is 16.6. The van der Waals surface area contributed by atoms with Gasteiger partial charge in [-0.05, 0) is 18.4 Å². The Bertz CT molecular complexity index is 487. The zero-order valence-corrected chi connectivity index (χ0v) is 10.8. The maximum absolute atomic E-state index is 12.0. The van der Waals surface area contributed by atoms with E-state index in [0.717, 1.165) is 24.9 Å². The molecule has 0 radical (unpaired) electrons. The van der Waals surface area contributed by atoms with Crippen LogP contribution in [0.25, 0.3) is 0 Å². The molecule has 1 aliphatic carbocycles. The molecule has 1 saturated heterocycles. The van der Waals surface area contributed by atoms with E-state index in [9.17, 15) is 9.59 Å². The van der Waals surface area contributed by atoms with E-state index in [2.05, 4.69) is 0 Å². The van der Waals surface area contributed by atoms with Crippen LogP contribution in [0.1, 0.15) is 31.2 Å². The fourth-order valence-electron chi connectivity index (χ4n) is 2.74. The van der Waals surface area contributed by atoms with Gasteiger partial charge in [-0.1, -0.05) is 30.3 Å². The van der Waals surface area contributed by atoms with Gasteiger partial charge in [0.1, 0.15) is 12.4 Å². The Morgan fingerprint density at radius 1 is 1.21 bits per heavy atom. The summed E-state index contributed by atoms with van der Waals surface area (Å²) in [6.45, 7) is 1.05. The number of ketones is 1. The molecular formula is C15H17NO3.